The van der Waals surface area contributed by atoms with Crippen molar-refractivity contribution < 1.29 is 14.3 Å². The van der Waals surface area contributed by atoms with Gasteiger partial charge in [-0.25, -0.2) is 9.59 Å². The third-order valence-corrected chi connectivity index (χ3v) is 6.24. The second-order valence-electron chi connectivity index (χ2n) is 7.98. The molecule has 4 aromatic rings. The Bertz CT molecular complexity index is 1360. The second-order valence-corrected chi connectivity index (χ2v) is 8.42. The van der Waals surface area contributed by atoms with Crippen molar-refractivity contribution in [2.75, 3.05) is 12.4 Å². The van der Waals surface area contributed by atoms with Gasteiger partial charge in [0.25, 0.3) is 0 Å². The number of methoxy groups -OCH3 is 1. The zero-order chi connectivity index (χ0) is 23.7. The Balaban J connectivity index is 1.61. The average molecular weight is 472 g/mol. The number of fused-ring (bicyclic) bond motifs is 3. The lowest BCUT2D eigenvalue weighted by Gasteiger charge is -2.31. The molecule has 2 heterocycles. The maximum absolute atomic E-state index is 13.8. The van der Waals surface area contributed by atoms with E-state index in [4.69, 9.17) is 16.3 Å². The van der Waals surface area contributed by atoms with E-state index in [1.54, 1.807) is 29.2 Å². The van der Waals surface area contributed by atoms with Crippen molar-refractivity contribution in [2.45, 2.75) is 12.6 Å². The topological polar surface area (TPSA) is 63.6 Å². The van der Waals surface area contributed by atoms with Gasteiger partial charge in [0.15, 0.2) is 0 Å². The van der Waals surface area contributed by atoms with Gasteiger partial charge in [-0.05, 0) is 53.6 Å². The quantitative estimate of drug-likeness (QED) is 0.370. The van der Waals surface area contributed by atoms with Crippen molar-refractivity contribution in [3.8, 4) is 5.69 Å². The fraction of sp³-hybridized carbons (Fsp3) is 0.111. The Labute approximate surface area is 202 Å². The smallest absolute Gasteiger partial charge is 0.339 e. The number of halogens is 1. The van der Waals surface area contributed by atoms with E-state index >= 15 is 0 Å². The molecule has 170 valence electrons. The highest BCUT2D eigenvalue weighted by atomic mass is 35.5. The van der Waals surface area contributed by atoms with Crippen molar-refractivity contribution in [3.05, 3.63) is 119 Å². The van der Waals surface area contributed by atoms with Crippen LogP contribution in [0.15, 0.2) is 91.1 Å². The van der Waals surface area contributed by atoms with Crippen LogP contribution in [0.25, 0.3) is 5.69 Å². The monoisotopic (exact) mass is 471 g/mol. The Morgan fingerprint density at radius 3 is 2.47 bits per heavy atom. The van der Waals surface area contributed by atoms with Gasteiger partial charge in [-0.1, -0.05) is 54.1 Å². The molecule has 1 aliphatic heterocycles. The Morgan fingerprint density at radius 1 is 0.941 bits per heavy atom. The average Bonchev–Trinajstić information content (AvgIpc) is 3.29. The van der Waals surface area contributed by atoms with Crippen LogP contribution in [0.3, 0.4) is 0 Å². The van der Waals surface area contributed by atoms with Crippen LogP contribution in [0.5, 0.6) is 0 Å². The van der Waals surface area contributed by atoms with Crippen LogP contribution in [0.4, 0.5) is 10.5 Å². The molecule has 7 heteroatoms. The van der Waals surface area contributed by atoms with E-state index in [1.165, 1.54) is 7.11 Å². The minimum atomic E-state index is -0.514. The van der Waals surface area contributed by atoms with Crippen molar-refractivity contribution >= 4 is 29.3 Å². The van der Waals surface area contributed by atoms with Gasteiger partial charge < -0.3 is 19.5 Å². The molecule has 1 N–H and O–H groups in total. The van der Waals surface area contributed by atoms with E-state index in [2.05, 4.69) is 9.88 Å². The van der Waals surface area contributed by atoms with Crippen LogP contribution in [-0.4, -0.2) is 28.6 Å². The highest BCUT2D eigenvalue weighted by molar-refractivity contribution is 6.30. The minimum Gasteiger partial charge on any atom is -0.465 e. The molecule has 0 saturated heterocycles. The van der Waals surface area contributed by atoms with Crippen LogP contribution < -0.4 is 5.32 Å². The van der Waals surface area contributed by atoms with Crippen molar-refractivity contribution in [1.29, 1.82) is 0 Å². The number of para-hydroxylation sites is 2. The molecular weight excluding hydrogens is 450 g/mol. The number of benzene rings is 3. The number of amides is 2. The number of carbonyl (C=O) groups excluding carboxylic acids is 2. The number of nitrogens with one attached hydrogen (secondary N) is 1. The molecule has 5 rings (SSSR count). The largest absolute Gasteiger partial charge is 0.465 e. The second kappa shape index (κ2) is 9.08. The van der Waals surface area contributed by atoms with Gasteiger partial charge in [0.05, 0.1) is 36.6 Å². The molecule has 1 aliphatic rings. The number of hydrogen-bond donors (Lipinski definition) is 1. The zero-order valence-electron chi connectivity index (χ0n) is 18.4. The highest BCUT2D eigenvalue weighted by Gasteiger charge is 2.33. The molecule has 6 nitrogen and oxygen atoms in total. The molecule has 3 aromatic carbocycles. The SMILES string of the molecule is COC(=O)c1ccccc1NC(=O)N1Cc2ccccc2-n2cccc2[C@@H]1c1ccc(Cl)cc1. The molecule has 34 heavy (non-hydrogen) atoms. The Morgan fingerprint density at radius 2 is 1.68 bits per heavy atom. The predicted octanol–water partition coefficient (Wildman–Crippen LogP) is 6.05. The number of ether oxygens (including phenoxy) is 1. The summed E-state index contributed by atoms with van der Waals surface area (Å²) in [6.45, 7) is 0.372. The number of carbonyl (C=O) groups is 2. The number of hydrogen-bond acceptors (Lipinski definition) is 3. The molecule has 0 saturated carbocycles. The molecule has 1 aromatic heterocycles. The third kappa shape index (κ3) is 3.93. The highest BCUT2D eigenvalue weighted by Crippen LogP contribution is 2.37. The first kappa shape index (κ1) is 21.8. The van der Waals surface area contributed by atoms with E-state index in [1.807, 2.05) is 66.9 Å². The van der Waals surface area contributed by atoms with Crippen molar-refractivity contribution in [3.63, 3.8) is 0 Å². The molecule has 1 atom stereocenters. The number of nitrogens with zero attached hydrogens (tertiary/aromatic N) is 2. The molecule has 0 unspecified atom stereocenters. The fourth-order valence-electron chi connectivity index (χ4n) is 4.40. The standard InChI is InChI=1S/C27H22ClN3O3/c1-34-26(32)21-8-3-4-9-22(21)29-27(33)31-17-19-7-2-5-10-23(19)30-16-6-11-24(30)25(31)18-12-14-20(28)15-13-18/h2-16,25H,17H2,1H3,(H,29,33)/t25-/m0/s1. The Hall–Kier alpha value is -4.03. The summed E-state index contributed by atoms with van der Waals surface area (Å²) in [6, 6.07) is 25.6. The maximum atomic E-state index is 13.8. The Kier molecular flexibility index (Phi) is 5.82. The molecule has 2 amide bonds. The summed E-state index contributed by atoms with van der Waals surface area (Å²) < 4.78 is 7.00. The number of anilines is 1. The molecule has 0 spiro atoms. The number of rotatable bonds is 3. The summed E-state index contributed by atoms with van der Waals surface area (Å²) in [5.74, 6) is -0.514. The van der Waals surface area contributed by atoms with Crippen LogP contribution >= 0.6 is 11.6 Å². The van der Waals surface area contributed by atoms with E-state index in [9.17, 15) is 9.59 Å². The first-order chi connectivity index (χ1) is 16.6. The van der Waals surface area contributed by atoms with Crippen LogP contribution in [0.2, 0.25) is 5.02 Å². The van der Waals surface area contributed by atoms with E-state index in [-0.39, 0.29) is 12.1 Å². The van der Waals surface area contributed by atoms with Gasteiger partial charge >= 0.3 is 12.0 Å². The summed E-state index contributed by atoms with van der Waals surface area (Å²) in [5.41, 5.74) is 4.58. The molecule has 0 fully saturated rings. The number of esters is 1. The number of aromatic nitrogens is 1. The van der Waals surface area contributed by atoms with Gasteiger partial charge in [-0.15, -0.1) is 0 Å². The lowest BCUT2D eigenvalue weighted by Crippen LogP contribution is -2.38. The van der Waals surface area contributed by atoms with Gasteiger partial charge in [0.2, 0.25) is 0 Å². The summed E-state index contributed by atoms with van der Waals surface area (Å²) in [5, 5.41) is 3.56. The van der Waals surface area contributed by atoms with Crippen molar-refractivity contribution in [2.24, 2.45) is 0 Å². The normalized spacial score (nSPS) is 14.5. The number of urea groups is 1. The first-order valence-electron chi connectivity index (χ1n) is 10.8. The van der Waals surface area contributed by atoms with E-state index < -0.39 is 5.97 Å². The molecule has 0 bridgehead atoms. The van der Waals surface area contributed by atoms with Gasteiger partial charge in [-0.2, -0.15) is 0 Å². The maximum Gasteiger partial charge on any atom is 0.339 e. The van der Waals surface area contributed by atoms with Crippen LogP contribution in [0, 0.1) is 0 Å². The third-order valence-electron chi connectivity index (χ3n) is 5.98. The zero-order valence-corrected chi connectivity index (χ0v) is 19.2. The summed E-state index contributed by atoms with van der Waals surface area (Å²) >= 11 is 6.16. The lowest BCUT2D eigenvalue weighted by atomic mass is 10.0. The molecular formula is C27H22ClN3O3. The van der Waals surface area contributed by atoms with Gasteiger partial charge in [0, 0.05) is 16.9 Å². The molecule has 0 aliphatic carbocycles. The van der Waals surface area contributed by atoms with Gasteiger partial charge in [-0.3, -0.25) is 0 Å². The van der Waals surface area contributed by atoms with Gasteiger partial charge in [0.1, 0.15) is 0 Å². The summed E-state index contributed by atoms with van der Waals surface area (Å²) in [6.07, 6.45) is 2.01. The van der Waals surface area contributed by atoms with Crippen LogP contribution in [-0.2, 0) is 11.3 Å². The summed E-state index contributed by atoms with van der Waals surface area (Å²) in [7, 11) is 1.32. The van der Waals surface area contributed by atoms with E-state index in [0.717, 1.165) is 22.5 Å². The van der Waals surface area contributed by atoms with E-state index in [0.29, 0.717) is 22.8 Å². The van der Waals surface area contributed by atoms with Crippen LogP contribution in [0.1, 0.15) is 33.2 Å². The molecule has 0 radical (unpaired) electrons. The fourth-order valence-corrected chi connectivity index (χ4v) is 4.53. The summed E-state index contributed by atoms with van der Waals surface area (Å²) in [4.78, 5) is 27.8. The minimum absolute atomic E-state index is 0.292. The van der Waals surface area contributed by atoms with Crippen molar-refractivity contribution in [1.82, 2.24) is 9.47 Å². The first-order valence-corrected chi connectivity index (χ1v) is 11.2. The lowest BCUT2D eigenvalue weighted by molar-refractivity contribution is 0.0602. The predicted molar refractivity (Wildman–Crippen MR) is 131 cm³/mol.